The Morgan fingerprint density at radius 1 is 1.26 bits per heavy atom. The Morgan fingerprint density at radius 2 is 2.03 bits per heavy atom. The van der Waals surface area contributed by atoms with Crippen LogP contribution in [0.3, 0.4) is 0 Å². The summed E-state index contributed by atoms with van der Waals surface area (Å²) >= 11 is 6.77. The van der Waals surface area contributed by atoms with E-state index in [9.17, 15) is 9.18 Å². The zero-order valence-electron chi connectivity index (χ0n) is 21.4. The number of aryl methyl sites for hydroxylation is 1. The van der Waals surface area contributed by atoms with Crippen molar-refractivity contribution in [3.63, 3.8) is 0 Å². The fraction of sp³-hybridized carbons (Fsp3) is 0.393. The number of hydrogen-bond acceptors (Lipinski definition) is 6. The van der Waals surface area contributed by atoms with E-state index >= 15 is 0 Å². The summed E-state index contributed by atoms with van der Waals surface area (Å²) in [6, 6.07) is 9.42. The molecule has 2 aliphatic heterocycles. The third kappa shape index (κ3) is 4.33. The number of hydrogen-bond donors (Lipinski definition) is 0. The molecule has 4 aromatic rings. The van der Waals surface area contributed by atoms with E-state index in [4.69, 9.17) is 26.2 Å². The molecule has 1 fully saturated rings. The molecule has 4 heterocycles. The van der Waals surface area contributed by atoms with Crippen molar-refractivity contribution < 1.29 is 18.7 Å². The van der Waals surface area contributed by atoms with Crippen molar-refractivity contribution in [2.45, 2.75) is 39.0 Å². The second-order valence-electron chi connectivity index (χ2n) is 9.73. The summed E-state index contributed by atoms with van der Waals surface area (Å²) < 4.78 is 28.3. The number of nitrogens with zero attached hydrogens (tertiary/aromatic N) is 5. The van der Waals surface area contributed by atoms with E-state index in [2.05, 4.69) is 34.1 Å². The van der Waals surface area contributed by atoms with Crippen LogP contribution in [0.5, 0.6) is 0 Å². The quantitative estimate of drug-likeness (QED) is 0.331. The number of imidazole rings is 1. The van der Waals surface area contributed by atoms with Crippen LogP contribution >= 0.6 is 11.6 Å². The predicted octanol–water partition coefficient (Wildman–Crippen LogP) is 4.74. The van der Waals surface area contributed by atoms with Crippen LogP contribution in [0.15, 0.2) is 42.9 Å². The minimum atomic E-state index is -1.000. The smallest absolute Gasteiger partial charge is 0.337 e. The molecule has 8 nitrogen and oxygen atoms in total. The molecule has 1 saturated heterocycles. The SMILES string of the molecule is CCOC(=O)C(c1ncn2c1CC(F)C2)n1cc2c(Cl)cc(-c3ccc(N4CCOCC4)cc3)c(C)c2n1. The largest absolute Gasteiger partial charge is 0.464 e. The van der Waals surface area contributed by atoms with Crippen LogP contribution in [-0.4, -0.2) is 64.4 Å². The Kier molecular flexibility index (Phi) is 6.57. The molecule has 0 N–H and O–H groups in total. The van der Waals surface area contributed by atoms with E-state index in [0.29, 0.717) is 21.9 Å². The number of carbonyl (C=O) groups excluding carboxylic acids is 1. The number of carbonyl (C=O) groups is 1. The lowest BCUT2D eigenvalue weighted by Gasteiger charge is -2.29. The summed E-state index contributed by atoms with van der Waals surface area (Å²) in [5, 5.41) is 6.08. The first-order chi connectivity index (χ1) is 18.4. The molecule has 0 saturated carbocycles. The summed E-state index contributed by atoms with van der Waals surface area (Å²) in [5.74, 6) is -0.489. The van der Waals surface area contributed by atoms with Crippen LogP contribution in [0.4, 0.5) is 10.1 Å². The molecule has 2 unspecified atom stereocenters. The predicted molar refractivity (Wildman–Crippen MR) is 144 cm³/mol. The van der Waals surface area contributed by atoms with Gasteiger partial charge < -0.3 is 18.9 Å². The van der Waals surface area contributed by atoms with Crippen molar-refractivity contribution in [2.75, 3.05) is 37.8 Å². The lowest BCUT2D eigenvalue weighted by Crippen LogP contribution is -2.36. The van der Waals surface area contributed by atoms with Gasteiger partial charge in [-0.05, 0) is 48.7 Å². The number of anilines is 1. The van der Waals surface area contributed by atoms with Crippen molar-refractivity contribution in [3.8, 4) is 11.1 Å². The lowest BCUT2D eigenvalue weighted by atomic mass is 9.98. The highest BCUT2D eigenvalue weighted by atomic mass is 35.5. The van der Waals surface area contributed by atoms with Gasteiger partial charge in [-0.3, -0.25) is 4.68 Å². The maximum Gasteiger partial charge on any atom is 0.337 e. The molecular weight excluding hydrogens is 509 g/mol. The van der Waals surface area contributed by atoms with Crippen LogP contribution in [-0.2, 0) is 27.2 Å². The van der Waals surface area contributed by atoms with Gasteiger partial charge in [-0.2, -0.15) is 5.10 Å². The molecule has 0 bridgehead atoms. The second-order valence-corrected chi connectivity index (χ2v) is 10.1. The average Bonchev–Trinajstić information content (AvgIpc) is 3.63. The van der Waals surface area contributed by atoms with Crippen LogP contribution in [0, 0.1) is 6.92 Å². The van der Waals surface area contributed by atoms with Gasteiger partial charge in [-0.15, -0.1) is 0 Å². The lowest BCUT2D eigenvalue weighted by molar-refractivity contribution is -0.146. The fourth-order valence-corrected chi connectivity index (χ4v) is 5.72. The van der Waals surface area contributed by atoms with Crippen LogP contribution in [0.2, 0.25) is 5.02 Å². The van der Waals surface area contributed by atoms with Gasteiger partial charge >= 0.3 is 5.97 Å². The Morgan fingerprint density at radius 3 is 2.76 bits per heavy atom. The molecule has 2 aliphatic rings. The summed E-state index contributed by atoms with van der Waals surface area (Å²) in [6.45, 7) is 7.42. The molecule has 198 valence electrons. The van der Waals surface area contributed by atoms with Crippen molar-refractivity contribution in [1.29, 1.82) is 0 Å². The number of ether oxygens (including phenoxy) is 2. The Hall–Kier alpha value is -3.43. The zero-order chi connectivity index (χ0) is 26.4. The number of morpholine rings is 1. The molecule has 38 heavy (non-hydrogen) atoms. The van der Waals surface area contributed by atoms with Crippen molar-refractivity contribution in [1.82, 2.24) is 19.3 Å². The van der Waals surface area contributed by atoms with Crippen molar-refractivity contribution >= 4 is 34.2 Å². The van der Waals surface area contributed by atoms with Gasteiger partial charge in [-0.25, -0.2) is 14.2 Å². The molecule has 0 radical (unpaired) electrons. The molecule has 0 spiro atoms. The minimum Gasteiger partial charge on any atom is -0.464 e. The van der Waals surface area contributed by atoms with E-state index in [1.807, 2.05) is 13.0 Å². The van der Waals surface area contributed by atoms with Gasteiger partial charge in [0.2, 0.25) is 0 Å². The summed E-state index contributed by atoms with van der Waals surface area (Å²) in [4.78, 5) is 19.9. The zero-order valence-corrected chi connectivity index (χ0v) is 22.1. The molecule has 2 aromatic carbocycles. The van der Waals surface area contributed by atoms with E-state index in [0.717, 1.165) is 54.1 Å². The molecule has 0 amide bonds. The van der Waals surface area contributed by atoms with Crippen LogP contribution < -0.4 is 4.90 Å². The second kappa shape index (κ2) is 10.0. The number of esters is 1. The number of rotatable bonds is 6. The number of halogens is 2. The number of alkyl halides is 1. The minimum absolute atomic E-state index is 0.205. The van der Waals surface area contributed by atoms with Gasteiger partial charge in [0.05, 0.1) is 48.9 Å². The first-order valence-electron chi connectivity index (χ1n) is 12.9. The highest BCUT2D eigenvalue weighted by molar-refractivity contribution is 6.36. The highest BCUT2D eigenvalue weighted by Crippen LogP contribution is 2.37. The number of aromatic nitrogens is 4. The third-order valence-corrected chi connectivity index (χ3v) is 7.71. The average molecular weight is 538 g/mol. The molecule has 2 aromatic heterocycles. The van der Waals surface area contributed by atoms with Crippen molar-refractivity contribution in [3.05, 3.63) is 64.8 Å². The van der Waals surface area contributed by atoms with Gasteiger partial charge in [0, 0.05) is 42.5 Å². The fourth-order valence-electron chi connectivity index (χ4n) is 5.47. The van der Waals surface area contributed by atoms with Gasteiger partial charge in [0.25, 0.3) is 0 Å². The number of fused-ring (bicyclic) bond motifs is 2. The Labute approximate surface area is 224 Å². The monoisotopic (exact) mass is 537 g/mol. The maximum absolute atomic E-state index is 14.1. The van der Waals surface area contributed by atoms with Gasteiger partial charge in [0.1, 0.15) is 6.17 Å². The first kappa shape index (κ1) is 24.9. The summed E-state index contributed by atoms with van der Waals surface area (Å²) in [5.41, 5.74) is 5.95. The molecular formula is C28H29ClFN5O3. The number of benzene rings is 2. The summed E-state index contributed by atoms with van der Waals surface area (Å²) in [6.07, 6.45) is 2.54. The molecule has 2 atom stereocenters. The van der Waals surface area contributed by atoms with Crippen molar-refractivity contribution in [2.24, 2.45) is 0 Å². The van der Waals surface area contributed by atoms with E-state index < -0.39 is 18.2 Å². The van der Waals surface area contributed by atoms with Crippen LogP contribution in [0.1, 0.15) is 29.9 Å². The van der Waals surface area contributed by atoms with Gasteiger partial charge in [0.15, 0.2) is 6.04 Å². The Balaban J connectivity index is 1.39. The molecule has 6 rings (SSSR count). The Bertz CT molecular complexity index is 1490. The normalized spacial score (nSPS) is 18.1. The highest BCUT2D eigenvalue weighted by Gasteiger charge is 2.35. The topological polar surface area (TPSA) is 74.4 Å². The van der Waals surface area contributed by atoms with E-state index in [-0.39, 0.29) is 19.6 Å². The van der Waals surface area contributed by atoms with Gasteiger partial charge in [-0.1, -0.05) is 23.7 Å². The van der Waals surface area contributed by atoms with E-state index in [1.165, 1.54) is 0 Å². The molecule has 0 aliphatic carbocycles. The summed E-state index contributed by atoms with van der Waals surface area (Å²) in [7, 11) is 0. The standard InChI is InChI=1S/C28H29ClFN5O3/c1-3-38-28(36)27(26-24-12-19(30)14-34(24)16-31-26)35-15-22-23(29)13-21(17(2)25(22)32-35)18-4-6-20(7-5-18)33-8-10-37-11-9-33/h4-7,13,15-16,19,27H,3,8-12,14H2,1-2H3. The van der Waals surface area contributed by atoms with E-state index in [1.54, 1.807) is 28.7 Å². The first-order valence-corrected chi connectivity index (χ1v) is 13.3. The van der Waals surface area contributed by atoms with Crippen LogP contribution in [0.25, 0.3) is 22.0 Å². The molecule has 10 heteroatoms. The third-order valence-electron chi connectivity index (χ3n) is 7.40. The maximum atomic E-state index is 14.1.